The molecule has 0 spiro atoms. The van der Waals surface area contributed by atoms with Crippen molar-refractivity contribution in [2.75, 3.05) is 6.54 Å². The summed E-state index contributed by atoms with van der Waals surface area (Å²) in [6.07, 6.45) is 6.05. The standard InChI is InChI=1S/C28H43N3O7/c1-27(2,3)38-26(37)30-20(16-9-7-6-8-10-16)24(34)31-14-17-19(28(17,4)5)21(31)23(33)29-18(13-15-11-12-15)22(32)25(35)36/h15-21H,6-14H2,1-5H3,(H,29,33)(H,30,37)(H,35,36)/t17?,18?,19-,20-,21-/m0/s1. The Bertz CT molecular complexity index is 977. The van der Waals surface area contributed by atoms with Crippen molar-refractivity contribution in [3.63, 3.8) is 0 Å². The zero-order valence-corrected chi connectivity index (χ0v) is 23.2. The second kappa shape index (κ2) is 10.5. The van der Waals surface area contributed by atoms with Crippen LogP contribution in [0.4, 0.5) is 4.79 Å². The van der Waals surface area contributed by atoms with E-state index in [4.69, 9.17) is 4.74 Å². The number of rotatable bonds is 9. The number of carboxylic acids is 1. The second-order valence-corrected chi connectivity index (χ2v) is 13.3. The highest BCUT2D eigenvalue weighted by Gasteiger charge is 2.69. The summed E-state index contributed by atoms with van der Waals surface area (Å²) < 4.78 is 5.46. The average Bonchev–Trinajstić information content (AvgIpc) is 3.68. The molecule has 0 radical (unpaired) electrons. The maximum absolute atomic E-state index is 14.1. The molecule has 4 aliphatic rings. The van der Waals surface area contributed by atoms with Crippen molar-refractivity contribution in [3.8, 4) is 0 Å². The number of hydrogen-bond acceptors (Lipinski definition) is 6. The Morgan fingerprint density at radius 1 is 1.00 bits per heavy atom. The number of hydrogen-bond donors (Lipinski definition) is 3. The number of nitrogens with zero attached hydrogens (tertiary/aromatic N) is 1. The Kier molecular flexibility index (Phi) is 7.83. The second-order valence-electron chi connectivity index (χ2n) is 13.3. The molecule has 3 aliphatic carbocycles. The third kappa shape index (κ3) is 6.15. The van der Waals surface area contributed by atoms with Crippen molar-refractivity contribution in [3.05, 3.63) is 0 Å². The molecule has 38 heavy (non-hydrogen) atoms. The monoisotopic (exact) mass is 533 g/mol. The Hall–Kier alpha value is -2.65. The highest BCUT2D eigenvalue weighted by Crippen LogP contribution is 2.65. The van der Waals surface area contributed by atoms with E-state index in [-0.39, 0.29) is 35.0 Å². The quantitative estimate of drug-likeness (QED) is 0.387. The van der Waals surface area contributed by atoms with Gasteiger partial charge in [0.25, 0.3) is 5.78 Å². The summed E-state index contributed by atoms with van der Waals surface area (Å²) >= 11 is 0. The first-order valence-electron chi connectivity index (χ1n) is 14.1. The summed E-state index contributed by atoms with van der Waals surface area (Å²) in [4.78, 5) is 65.9. The number of ketones is 1. The van der Waals surface area contributed by atoms with Gasteiger partial charge in [-0.05, 0) is 69.1 Å². The molecule has 0 aromatic rings. The van der Waals surface area contributed by atoms with Crippen molar-refractivity contribution < 1.29 is 33.8 Å². The van der Waals surface area contributed by atoms with Crippen LogP contribution in [-0.2, 0) is 23.9 Å². The lowest BCUT2D eigenvalue weighted by Gasteiger charge is -2.37. The SMILES string of the molecule is CC(C)(C)OC(=O)N[C@H](C(=O)N1CC2[C@@H]([C@H]1C(=O)NC(CC1CC1)C(=O)C(=O)O)C2(C)C)C1CCCCC1. The molecule has 3 amide bonds. The van der Waals surface area contributed by atoms with Crippen LogP contribution in [0.1, 0.15) is 86.0 Å². The van der Waals surface area contributed by atoms with Gasteiger partial charge in [0.2, 0.25) is 11.8 Å². The molecule has 4 fully saturated rings. The summed E-state index contributed by atoms with van der Waals surface area (Å²) in [6, 6.07) is -2.75. The van der Waals surface area contributed by atoms with Gasteiger partial charge in [0.05, 0.1) is 6.04 Å². The van der Waals surface area contributed by atoms with Crippen molar-refractivity contribution in [1.82, 2.24) is 15.5 Å². The Labute approximate surface area is 224 Å². The van der Waals surface area contributed by atoms with Gasteiger partial charge in [0.15, 0.2) is 0 Å². The van der Waals surface area contributed by atoms with E-state index >= 15 is 0 Å². The predicted octanol–water partition coefficient (Wildman–Crippen LogP) is 2.88. The Morgan fingerprint density at radius 3 is 2.18 bits per heavy atom. The van der Waals surface area contributed by atoms with E-state index in [0.29, 0.717) is 13.0 Å². The number of likely N-dealkylation sites (tertiary alicyclic amines) is 1. The molecule has 2 unspecified atom stereocenters. The number of carbonyl (C=O) groups excluding carboxylic acids is 4. The van der Waals surface area contributed by atoms with Crippen molar-refractivity contribution >= 4 is 29.7 Å². The van der Waals surface area contributed by atoms with E-state index in [2.05, 4.69) is 24.5 Å². The summed E-state index contributed by atoms with van der Waals surface area (Å²) in [5.41, 5.74) is -0.875. The van der Waals surface area contributed by atoms with Gasteiger partial charge in [-0.15, -0.1) is 0 Å². The van der Waals surface area contributed by atoms with Crippen LogP contribution >= 0.6 is 0 Å². The number of Topliss-reactive ketones (excluding diaryl/α,β-unsaturated/α-hetero) is 1. The molecule has 5 atom stereocenters. The molecule has 3 N–H and O–H groups in total. The molecule has 1 aliphatic heterocycles. The van der Waals surface area contributed by atoms with E-state index in [1.807, 2.05) is 0 Å². The van der Waals surface area contributed by atoms with Crippen LogP contribution in [0.15, 0.2) is 0 Å². The number of aliphatic carboxylic acids is 1. The Balaban J connectivity index is 1.55. The van der Waals surface area contributed by atoms with Crippen LogP contribution < -0.4 is 10.6 Å². The molecule has 10 heteroatoms. The average molecular weight is 534 g/mol. The predicted molar refractivity (Wildman–Crippen MR) is 138 cm³/mol. The maximum Gasteiger partial charge on any atom is 0.408 e. The minimum atomic E-state index is -1.57. The third-order valence-electron chi connectivity index (χ3n) is 8.93. The minimum Gasteiger partial charge on any atom is -0.475 e. The van der Waals surface area contributed by atoms with Crippen molar-refractivity contribution in [2.45, 2.75) is 110 Å². The van der Waals surface area contributed by atoms with Gasteiger partial charge in [0.1, 0.15) is 17.7 Å². The van der Waals surface area contributed by atoms with Crippen LogP contribution in [0, 0.1) is 29.1 Å². The first-order valence-corrected chi connectivity index (χ1v) is 14.1. The normalized spacial score (nSPS) is 28.0. The highest BCUT2D eigenvalue weighted by atomic mass is 16.6. The number of fused-ring (bicyclic) bond motifs is 1. The molecular formula is C28H43N3O7. The fraction of sp³-hybridized carbons (Fsp3) is 0.821. The zero-order chi connectivity index (χ0) is 28.0. The largest absolute Gasteiger partial charge is 0.475 e. The summed E-state index contributed by atoms with van der Waals surface area (Å²) in [7, 11) is 0. The number of carboxylic acid groups (broad SMARTS) is 1. The molecule has 3 saturated carbocycles. The molecule has 10 nitrogen and oxygen atoms in total. The third-order valence-corrected chi connectivity index (χ3v) is 8.93. The van der Waals surface area contributed by atoms with Crippen molar-refractivity contribution in [1.29, 1.82) is 0 Å². The van der Waals surface area contributed by atoms with Crippen molar-refractivity contribution in [2.24, 2.45) is 29.1 Å². The van der Waals surface area contributed by atoms with Crippen LogP contribution in [0.2, 0.25) is 0 Å². The van der Waals surface area contributed by atoms with Gasteiger partial charge in [-0.25, -0.2) is 9.59 Å². The number of alkyl carbamates (subject to hydrolysis) is 1. The zero-order valence-electron chi connectivity index (χ0n) is 23.2. The van der Waals surface area contributed by atoms with E-state index in [9.17, 15) is 29.1 Å². The molecular weight excluding hydrogens is 490 g/mol. The number of carbonyl (C=O) groups is 5. The lowest BCUT2D eigenvalue weighted by Crippen LogP contribution is -2.59. The fourth-order valence-electron chi connectivity index (χ4n) is 6.60. The minimum absolute atomic E-state index is 0.0615. The van der Waals surface area contributed by atoms with Crippen LogP contribution in [-0.4, -0.2) is 69.9 Å². The molecule has 0 aromatic heterocycles. The lowest BCUT2D eigenvalue weighted by molar-refractivity contribution is -0.151. The Morgan fingerprint density at radius 2 is 1.63 bits per heavy atom. The maximum atomic E-state index is 14.1. The van der Waals surface area contributed by atoms with Crippen LogP contribution in [0.3, 0.4) is 0 Å². The van der Waals surface area contributed by atoms with Crippen LogP contribution in [0.25, 0.3) is 0 Å². The number of amides is 3. The number of nitrogens with one attached hydrogen (secondary N) is 2. The summed E-state index contributed by atoms with van der Waals surface area (Å²) in [6.45, 7) is 9.79. The molecule has 0 bridgehead atoms. The smallest absolute Gasteiger partial charge is 0.408 e. The van der Waals surface area contributed by atoms with E-state index in [1.165, 1.54) is 0 Å². The fourth-order valence-corrected chi connectivity index (χ4v) is 6.60. The molecule has 1 saturated heterocycles. The van der Waals surface area contributed by atoms with Gasteiger partial charge < -0.3 is 25.4 Å². The number of ether oxygens (including phenoxy) is 1. The molecule has 212 valence electrons. The van der Waals surface area contributed by atoms with E-state index in [0.717, 1.165) is 44.9 Å². The molecule has 0 aromatic carbocycles. The van der Waals surface area contributed by atoms with Gasteiger partial charge in [0, 0.05) is 6.54 Å². The van der Waals surface area contributed by atoms with Gasteiger partial charge in [-0.1, -0.05) is 46.0 Å². The van der Waals surface area contributed by atoms with Gasteiger partial charge in [-0.3, -0.25) is 14.4 Å². The lowest BCUT2D eigenvalue weighted by atomic mass is 9.83. The number of piperidine rings is 1. The summed E-state index contributed by atoms with van der Waals surface area (Å²) in [5.74, 6) is -3.21. The molecule has 4 rings (SSSR count). The van der Waals surface area contributed by atoms with Gasteiger partial charge >= 0.3 is 12.1 Å². The molecule has 1 heterocycles. The van der Waals surface area contributed by atoms with Crippen LogP contribution in [0.5, 0.6) is 0 Å². The first kappa shape index (κ1) is 28.4. The first-order chi connectivity index (χ1) is 17.7. The topological polar surface area (TPSA) is 142 Å². The summed E-state index contributed by atoms with van der Waals surface area (Å²) in [5, 5.41) is 14.8. The highest BCUT2D eigenvalue weighted by molar-refractivity contribution is 6.35. The van der Waals surface area contributed by atoms with E-state index < -0.39 is 47.5 Å². The van der Waals surface area contributed by atoms with Gasteiger partial charge in [-0.2, -0.15) is 0 Å². The van der Waals surface area contributed by atoms with E-state index in [1.54, 1.807) is 25.7 Å².